The number of nitrogens with one attached hydrogen (secondary N) is 1. The van der Waals surface area contributed by atoms with Gasteiger partial charge in [0.25, 0.3) is 0 Å². The Labute approximate surface area is 152 Å². The van der Waals surface area contributed by atoms with Gasteiger partial charge in [-0.1, -0.05) is 11.8 Å². The first kappa shape index (κ1) is 19.2. The van der Waals surface area contributed by atoms with E-state index in [2.05, 4.69) is 15.3 Å². The molecule has 0 saturated carbocycles. The maximum absolute atomic E-state index is 12.1. The van der Waals surface area contributed by atoms with Gasteiger partial charge < -0.3 is 15.2 Å². The molecule has 0 aliphatic carbocycles. The Morgan fingerprint density at radius 1 is 1.24 bits per heavy atom. The molecule has 0 saturated heterocycles. The quantitative estimate of drug-likeness (QED) is 0.477. The Morgan fingerprint density at radius 2 is 1.88 bits per heavy atom. The zero-order valence-corrected chi connectivity index (χ0v) is 15.9. The lowest BCUT2D eigenvalue weighted by Gasteiger charge is -2.19. The molecule has 0 aliphatic rings. The van der Waals surface area contributed by atoms with Crippen molar-refractivity contribution in [2.45, 2.75) is 45.1 Å². The van der Waals surface area contributed by atoms with Crippen LogP contribution in [-0.2, 0) is 11.3 Å². The van der Waals surface area contributed by atoms with E-state index in [1.807, 2.05) is 34.0 Å². The van der Waals surface area contributed by atoms with Gasteiger partial charge in [-0.25, -0.2) is 14.8 Å². The minimum atomic E-state index is -0.531. The SMILES string of the molecule is CSc1nc(C)c(CO)c(Nc2ccc(C(=O)OC(C)(C)C)cc2)n1. The van der Waals surface area contributed by atoms with Crippen LogP contribution in [-0.4, -0.2) is 32.9 Å². The van der Waals surface area contributed by atoms with E-state index in [1.54, 1.807) is 24.3 Å². The molecule has 134 valence electrons. The van der Waals surface area contributed by atoms with Crippen LogP contribution in [0.1, 0.15) is 42.4 Å². The van der Waals surface area contributed by atoms with Gasteiger partial charge in [-0.05, 0) is 58.2 Å². The van der Waals surface area contributed by atoms with Crippen molar-refractivity contribution >= 4 is 29.2 Å². The third-order valence-corrected chi connectivity index (χ3v) is 3.86. The number of aliphatic hydroxyl groups is 1. The van der Waals surface area contributed by atoms with E-state index in [1.165, 1.54) is 11.8 Å². The lowest BCUT2D eigenvalue weighted by atomic mass is 10.1. The number of aryl methyl sites for hydroxylation is 1. The molecule has 0 spiro atoms. The average molecular weight is 361 g/mol. The van der Waals surface area contributed by atoms with Gasteiger partial charge in [0.1, 0.15) is 11.4 Å². The van der Waals surface area contributed by atoms with Crippen LogP contribution in [0.2, 0.25) is 0 Å². The molecule has 1 aromatic carbocycles. The predicted octanol–water partition coefficient (Wildman–Crippen LogP) is 3.70. The van der Waals surface area contributed by atoms with Crippen molar-refractivity contribution in [2.75, 3.05) is 11.6 Å². The summed E-state index contributed by atoms with van der Waals surface area (Å²) in [4.78, 5) is 20.8. The number of carbonyl (C=O) groups excluding carboxylic acids is 1. The number of nitrogens with zero attached hydrogens (tertiary/aromatic N) is 2. The lowest BCUT2D eigenvalue weighted by Crippen LogP contribution is -2.23. The van der Waals surface area contributed by atoms with Crippen LogP contribution in [0, 0.1) is 6.92 Å². The van der Waals surface area contributed by atoms with Gasteiger partial charge in [-0.15, -0.1) is 0 Å². The van der Waals surface area contributed by atoms with Gasteiger partial charge in [0.15, 0.2) is 5.16 Å². The monoisotopic (exact) mass is 361 g/mol. The minimum absolute atomic E-state index is 0.154. The molecule has 2 aromatic rings. The smallest absolute Gasteiger partial charge is 0.338 e. The van der Waals surface area contributed by atoms with Gasteiger partial charge in [-0.2, -0.15) is 0 Å². The van der Waals surface area contributed by atoms with Gasteiger partial charge in [-0.3, -0.25) is 0 Å². The van der Waals surface area contributed by atoms with E-state index in [9.17, 15) is 9.90 Å². The summed E-state index contributed by atoms with van der Waals surface area (Å²) >= 11 is 1.43. The van der Waals surface area contributed by atoms with Gasteiger partial charge >= 0.3 is 5.97 Å². The molecule has 2 N–H and O–H groups in total. The first-order valence-corrected chi connectivity index (χ1v) is 9.09. The van der Waals surface area contributed by atoms with Crippen molar-refractivity contribution < 1.29 is 14.6 Å². The Bertz CT molecular complexity index is 755. The van der Waals surface area contributed by atoms with Crippen molar-refractivity contribution in [3.63, 3.8) is 0 Å². The molecule has 0 amide bonds. The molecule has 0 atom stereocenters. The molecule has 0 aliphatic heterocycles. The number of rotatable bonds is 5. The van der Waals surface area contributed by atoms with E-state index in [0.29, 0.717) is 22.1 Å². The summed E-state index contributed by atoms with van der Waals surface area (Å²) in [7, 11) is 0. The number of carbonyl (C=O) groups is 1. The minimum Gasteiger partial charge on any atom is -0.456 e. The molecule has 0 radical (unpaired) electrons. The molecule has 2 rings (SSSR count). The number of hydrogen-bond donors (Lipinski definition) is 2. The summed E-state index contributed by atoms with van der Waals surface area (Å²) in [5.74, 6) is 0.196. The third-order valence-electron chi connectivity index (χ3n) is 3.32. The first-order chi connectivity index (χ1) is 11.7. The molecule has 0 bridgehead atoms. The van der Waals surface area contributed by atoms with Crippen LogP contribution in [0.3, 0.4) is 0 Å². The van der Waals surface area contributed by atoms with Gasteiger partial charge in [0.05, 0.1) is 12.2 Å². The summed E-state index contributed by atoms with van der Waals surface area (Å²) in [5.41, 5.74) is 2.08. The van der Waals surface area contributed by atoms with Gasteiger partial charge in [0, 0.05) is 16.9 Å². The molecule has 0 fully saturated rings. The van der Waals surface area contributed by atoms with Crippen molar-refractivity contribution in [2.24, 2.45) is 0 Å². The second-order valence-electron chi connectivity index (χ2n) is 6.49. The molecule has 0 unspecified atom stereocenters. The summed E-state index contributed by atoms with van der Waals surface area (Å²) in [6, 6.07) is 6.93. The predicted molar refractivity (Wildman–Crippen MR) is 99.4 cm³/mol. The number of benzene rings is 1. The number of aromatic nitrogens is 2. The Balaban J connectivity index is 2.22. The highest BCUT2D eigenvalue weighted by Gasteiger charge is 2.18. The fourth-order valence-corrected chi connectivity index (χ4v) is 2.53. The molecule has 1 heterocycles. The van der Waals surface area contributed by atoms with E-state index >= 15 is 0 Å². The number of thioether (sulfide) groups is 1. The van der Waals surface area contributed by atoms with Crippen molar-refractivity contribution in [1.29, 1.82) is 0 Å². The zero-order chi connectivity index (χ0) is 18.6. The van der Waals surface area contributed by atoms with Crippen LogP contribution in [0.5, 0.6) is 0 Å². The molecule has 7 heteroatoms. The molecule has 6 nitrogen and oxygen atoms in total. The highest BCUT2D eigenvalue weighted by atomic mass is 32.2. The Kier molecular flexibility index (Phi) is 6.02. The van der Waals surface area contributed by atoms with E-state index in [4.69, 9.17) is 4.74 Å². The van der Waals surface area contributed by atoms with Crippen LogP contribution in [0.25, 0.3) is 0 Å². The van der Waals surface area contributed by atoms with Crippen molar-refractivity contribution in [3.8, 4) is 0 Å². The summed E-state index contributed by atoms with van der Waals surface area (Å²) in [6.45, 7) is 7.18. The number of esters is 1. The second kappa shape index (κ2) is 7.84. The number of aliphatic hydroxyl groups excluding tert-OH is 1. The summed E-state index contributed by atoms with van der Waals surface area (Å²) < 4.78 is 5.35. The maximum atomic E-state index is 12.1. The highest BCUT2D eigenvalue weighted by Crippen LogP contribution is 2.24. The van der Waals surface area contributed by atoms with Crippen LogP contribution < -0.4 is 5.32 Å². The van der Waals surface area contributed by atoms with Crippen molar-refractivity contribution in [3.05, 3.63) is 41.1 Å². The third kappa shape index (κ3) is 5.17. The average Bonchev–Trinajstić information content (AvgIpc) is 2.53. The fraction of sp³-hybridized carbons (Fsp3) is 0.389. The number of hydrogen-bond acceptors (Lipinski definition) is 7. The number of ether oxygens (including phenoxy) is 1. The Hall–Kier alpha value is -2.12. The number of anilines is 2. The first-order valence-electron chi connectivity index (χ1n) is 7.86. The lowest BCUT2D eigenvalue weighted by molar-refractivity contribution is 0.00696. The molecule has 1 aromatic heterocycles. The zero-order valence-electron chi connectivity index (χ0n) is 15.1. The largest absolute Gasteiger partial charge is 0.456 e. The molecular weight excluding hydrogens is 338 g/mol. The van der Waals surface area contributed by atoms with Crippen LogP contribution in [0.4, 0.5) is 11.5 Å². The van der Waals surface area contributed by atoms with Crippen LogP contribution in [0.15, 0.2) is 29.4 Å². The fourth-order valence-electron chi connectivity index (χ4n) is 2.12. The normalized spacial score (nSPS) is 11.3. The Morgan fingerprint density at radius 3 is 2.40 bits per heavy atom. The standard InChI is InChI=1S/C18H23N3O3S/c1-11-14(10-22)15(21-17(19-11)25-5)20-13-8-6-12(7-9-13)16(23)24-18(2,3)4/h6-9,22H,10H2,1-5H3,(H,19,20,21). The van der Waals surface area contributed by atoms with E-state index in [0.717, 1.165) is 11.4 Å². The summed E-state index contributed by atoms with van der Waals surface area (Å²) in [6.07, 6.45) is 1.90. The maximum Gasteiger partial charge on any atom is 0.338 e. The van der Waals surface area contributed by atoms with E-state index in [-0.39, 0.29) is 12.6 Å². The topological polar surface area (TPSA) is 84.3 Å². The van der Waals surface area contributed by atoms with Gasteiger partial charge in [0.2, 0.25) is 0 Å². The highest BCUT2D eigenvalue weighted by molar-refractivity contribution is 7.98. The summed E-state index contributed by atoms with van der Waals surface area (Å²) in [5, 5.41) is 13.4. The molecular formula is C18H23N3O3S. The second-order valence-corrected chi connectivity index (χ2v) is 7.26. The van der Waals surface area contributed by atoms with E-state index < -0.39 is 5.60 Å². The van der Waals surface area contributed by atoms with Crippen molar-refractivity contribution in [1.82, 2.24) is 9.97 Å². The molecule has 25 heavy (non-hydrogen) atoms. The van der Waals surface area contributed by atoms with Crippen LogP contribution >= 0.6 is 11.8 Å².